The van der Waals surface area contributed by atoms with Crippen LogP contribution in [0.25, 0.3) is 0 Å². The van der Waals surface area contributed by atoms with E-state index < -0.39 is 0 Å². The van der Waals surface area contributed by atoms with E-state index in [4.69, 9.17) is 0 Å². The number of phenols is 1. The molecule has 0 saturated carbocycles. The first kappa shape index (κ1) is 11.0. The Morgan fingerprint density at radius 3 is 3.00 bits per heavy atom. The van der Waals surface area contributed by atoms with Gasteiger partial charge in [0.25, 0.3) is 0 Å². The summed E-state index contributed by atoms with van der Waals surface area (Å²) in [5.74, 6) is 0.942. The Hall–Kier alpha value is -1.50. The van der Waals surface area contributed by atoms with Crippen LogP contribution in [-0.2, 0) is 12.8 Å². The van der Waals surface area contributed by atoms with Gasteiger partial charge in [-0.15, -0.1) is 0 Å². The molecule has 1 aromatic carbocycles. The lowest BCUT2D eigenvalue weighted by molar-refractivity contribution is 0.470. The molecule has 0 radical (unpaired) electrons. The molecule has 0 bridgehead atoms. The largest absolute Gasteiger partial charge is 0.508 e. The lowest BCUT2D eigenvalue weighted by atomic mass is 9.80. The molecule has 1 heteroatoms. The quantitative estimate of drug-likeness (QED) is 0.745. The molecule has 1 nitrogen and oxygen atoms in total. The molecule has 2 rings (SSSR count). The predicted molar refractivity (Wildman–Crippen MR) is 67.6 cm³/mol. The van der Waals surface area contributed by atoms with E-state index in [0.717, 1.165) is 19.3 Å². The van der Waals surface area contributed by atoms with Crippen LogP contribution in [0.15, 0.2) is 42.5 Å². The summed E-state index contributed by atoms with van der Waals surface area (Å²) in [6, 6.07) is 5.71. The van der Waals surface area contributed by atoms with Crippen molar-refractivity contribution in [1.82, 2.24) is 0 Å². The van der Waals surface area contributed by atoms with Crippen molar-refractivity contribution < 1.29 is 5.11 Å². The fraction of sp³-hybridized carbons (Fsp3) is 0.333. The van der Waals surface area contributed by atoms with Crippen molar-refractivity contribution >= 4 is 0 Å². The maximum atomic E-state index is 9.42. The van der Waals surface area contributed by atoms with Gasteiger partial charge in [-0.1, -0.05) is 30.4 Å². The summed E-state index contributed by atoms with van der Waals surface area (Å²) in [6.45, 7) is 6.15. The molecule has 0 amide bonds. The van der Waals surface area contributed by atoms with Crippen LogP contribution in [-0.4, -0.2) is 5.11 Å². The molecule has 1 aliphatic rings. The second kappa shape index (κ2) is 4.56. The van der Waals surface area contributed by atoms with E-state index in [9.17, 15) is 5.11 Å². The van der Waals surface area contributed by atoms with E-state index in [1.54, 1.807) is 6.07 Å². The first-order chi connectivity index (χ1) is 7.70. The van der Waals surface area contributed by atoms with E-state index in [0.29, 0.717) is 11.7 Å². The second-order valence-corrected chi connectivity index (χ2v) is 4.47. The van der Waals surface area contributed by atoms with E-state index >= 15 is 0 Å². The summed E-state index contributed by atoms with van der Waals surface area (Å²) in [7, 11) is 0. The topological polar surface area (TPSA) is 20.2 Å². The van der Waals surface area contributed by atoms with Gasteiger partial charge in [-0.25, -0.2) is 0 Å². The Labute approximate surface area is 97.1 Å². The van der Waals surface area contributed by atoms with Gasteiger partial charge in [0.1, 0.15) is 5.75 Å². The minimum Gasteiger partial charge on any atom is -0.508 e. The van der Waals surface area contributed by atoms with Crippen LogP contribution >= 0.6 is 0 Å². The molecule has 0 heterocycles. The molecular formula is C15H18O. The summed E-state index contributed by atoms with van der Waals surface area (Å²) in [5.41, 5.74) is 3.88. The standard InChI is InChI=1S/C15H18O/c1-3-4-11(2)12-5-6-14-10-15(16)8-7-13(14)9-12/h3-4,7-8,10,12,16H,2,5-6,9H2,1H3/b4-3-/t12-/m0/s1. The van der Waals surface area contributed by atoms with Crippen molar-refractivity contribution in [2.75, 3.05) is 0 Å². The molecule has 1 aromatic rings. The average molecular weight is 214 g/mol. The number of hydrogen-bond donors (Lipinski definition) is 1. The van der Waals surface area contributed by atoms with Gasteiger partial charge in [0.2, 0.25) is 0 Å². The van der Waals surface area contributed by atoms with Crippen LogP contribution in [0.2, 0.25) is 0 Å². The summed E-state index contributed by atoms with van der Waals surface area (Å²) < 4.78 is 0. The molecule has 0 fully saturated rings. The summed E-state index contributed by atoms with van der Waals surface area (Å²) in [4.78, 5) is 0. The summed E-state index contributed by atoms with van der Waals surface area (Å²) >= 11 is 0. The number of hydrogen-bond acceptors (Lipinski definition) is 1. The van der Waals surface area contributed by atoms with Crippen molar-refractivity contribution in [3.63, 3.8) is 0 Å². The van der Waals surface area contributed by atoms with Gasteiger partial charge >= 0.3 is 0 Å². The van der Waals surface area contributed by atoms with Gasteiger partial charge in [0, 0.05) is 0 Å². The summed E-state index contributed by atoms with van der Waals surface area (Å²) in [6.07, 6.45) is 7.40. The highest BCUT2D eigenvalue weighted by atomic mass is 16.3. The average Bonchev–Trinajstić information content (AvgIpc) is 2.28. The molecule has 1 aliphatic carbocycles. The van der Waals surface area contributed by atoms with Crippen LogP contribution in [0.4, 0.5) is 0 Å². The highest BCUT2D eigenvalue weighted by Crippen LogP contribution is 2.31. The fourth-order valence-corrected chi connectivity index (χ4v) is 2.41. The third kappa shape index (κ3) is 2.19. The zero-order chi connectivity index (χ0) is 11.5. The third-order valence-electron chi connectivity index (χ3n) is 3.32. The van der Waals surface area contributed by atoms with E-state index in [1.807, 2.05) is 19.1 Å². The van der Waals surface area contributed by atoms with Gasteiger partial charge in [-0.05, 0) is 55.4 Å². The van der Waals surface area contributed by atoms with Crippen LogP contribution in [0.5, 0.6) is 5.75 Å². The SMILES string of the molecule is C=C(/C=C\C)[C@H]1CCc2cc(O)ccc2C1. The number of benzene rings is 1. The highest BCUT2D eigenvalue weighted by molar-refractivity contribution is 5.38. The molecule has 0 aromatic heterocycles. The maximum absolute atomic E-state index is 9.42. The minimum absolute atomic E-state index is 0.379. The Balaban J connectivity index is 2.18. The van der Waals surface area contributed by atoms with Gasteiger partial charge in [0.15, 0.2) is 0 Å². The monoisotopic (exact) mass is 214 g/mol. The number of fused-ring (bicyclic) bond motifs is 1. The molecule has 84 valence electrons. The number of aromatic hydroxyl groups is 1. The van der Waals surface area contributed by atoms with Crippen molar-refractivity contribution in [3.05, 3.63) is 53.6 Å². The lowest BCUT2D eigenvalue weighted by Crippen LogP contribution is -2.15. The number of rotatable bonds is 2. The Kier molecular flexibility index (Phi) is 3.14. The number of allylic oxidation sites excluding steroid dienone is 3. The Morgan fingerprint density at radius 2 is 2.25 bits per heavy atom. The molecule has 0 aliphatic heterocycles. The van der Waals surface area contributed by atoms with Gasteiger partial charge in [-0.3, -0.25) is 0 Å². The van der Waals surface area contributed by atoms with Crippen molar-refractivity contribution in [3.8, 4) is 5.75 Å². The van der Waals surface area contributed by atoms with Crippen LogP contribution in [0.1, 0.15) is 24.5 Å². The van der Waals surface area contributed by atoms with Crippen molar-refractivity contribution in [2.24, 2.45) is 5.92 Å². The number of aryl methyl sites for hydroxylation is 1. The molecule has 0 unspecified atom stereocenters. The molecule has 16 heavy (non-hydrogen) atoms. The van der Waals surface area contributed by atoms with E-state index in [-0.39, 0.29) is 0 Å². The first-order valence-electron chi connectivity index (χ1n) is 5.83. The van der Waals surface area contributed by atoms with Gasteiger partial charge < -0.3 is 5.11 Å². The zero-order valence-electron chi connectivity index (χ0n) is 9.74. The molecule has 1 atom stereocenters. The van der Waals surface area contributed by atoms with Gasteiger partial charge in [0.05, 0.1) is 0 Å². The predicted octanol–water partition coefficient (Wildman–Crippen LogP) is 3.63. The van der Waals surface area contributed by atoms with E-state index in [2.05, 4.69) is 18.7 Å². The molecule has 1 N–H and O–H groups in total. The minimum atomic E-state index is 0.379. The van der Waals surface area contributed by atoms with Crippen molar-refractivity contribution in [2.45, 2.75) is 26.2 Å². The fourth-order valence-electron chi connectivity index (χ4n) is 2.41. The third-order valence-corrected chi connectivity index (χ3v) is 3.32. The smallest absolute Gasteiger partial charge is 0.115 e. The Bertz CT molecular complexity index is 429. The van der Waals surface area contributed by atoms with E-state index in [1.165, 1.54) is 16.7 Å². The number of phenolic OH excluding ortho intramolecular Hbond substituents is 1. The summed E-state index contributed by atoms with van der Waals surface area (Å²) in [5, 5.41) is 9.42. The highest BCUT2D eigenvalue weighted by Gasteiger charge is 2.19. The maximum Gasteiger partial charge on any atom is 0.115 e. The molecule has 0 spiro atoms. The normalized spacial score (nSPS) is 19.7. The van der Waals surface area contributed by atoms with Crippen molar-refractivity contribution in [1.29, 1.82) is 0 Å². The lowest BCUT2D eigenvalue weighted by Gasteiger charge is -2.25. The van der Waals surface area contributed by atoms with Gasteiger partial charge in [-0.2, -0.15) is 0 Å². The Morgan fingerprint density at radius 1 is 1.44 bits per heavy atom. The first-order valence-corrected chi connectivity index (χ1v) is 5.83. The molecular weight excluding hydrogens is 196 g/mol. The van der Waals surface area contributed by atoms with Crippen LogP contribution < -0.4 is 0 Å². The zero-order valence-corrected chi connectivity index (χ0v) is 9.74. The second-order valence-electron chi connectivity index (χ2n) is 4.47. The van der Waals surface area contributed by atoms with Crippen LogP contribution in [0.3, 0.4) is 0 Å². The van der Waals surface area contributed by atoms with Crippen LogP contribution in [0, 0.1) is 5.92 Å². The molecule has 0 saturated heterocycles.